The van der Waals surface area contributed by atoms with E-state index >= 15 is 0 Å². The van der Waals surface area contributed by atoms with Gasteiger partial charge in [0.2, 0.25) is 0 Å². The van der Waals surface area contributed by atoms with E-state index in [2.05, 4.69) is 18.7 Å². The second-order valence-electron chi connectivity index (χ2n) is 4.80. The van der Waals surface area contributed by atoms with Crippen LogP contribution >= 0.6 is 0 Å². The first kappa shape index (κ1) is 12.0. The lowest BCUT2D eigenvalue weighted by Crippen LogP contribution is -2.44. The van der Waals surface area contributed by atoms with E-state index in [9.17, 15) is 5.11 Å². The number of likely N-dealkylation sites (tertiary alicyclic amines) is 1. The van der Waals surface area contributed by atoms with Crippen LogP contribution in [-0.4, -0.2) is 41.0 Å². The summed E-state index contributed by atoms with van der Waals surface area (Å²) in [6.45, 7) is 6.33. The summed E-state index contributed by atoms with van der Waals surface area (Å²) in [7, 11) is 0. The zero-order valence-electron chi connectivity index (χ0n) is 9.32. The van der Waals surface area contributed by atoms with Crippen molar-refractivity contribution in [2.45, 2.75) is 39.3 Å². The normalized spacial score (nSPS) is 26.8. The van der Waals surface area contributed by atoms with Gasteiger partial charge in [-0.3, -0.25) is 4.90 Å². The van der Waals surface area contributed by atoms with Crippen molar-refractivity contribution in [2.75, 3.05) is 19.7 Å². The molecule has 1 heterocycles. The zero-order chi connectivity index (χ0) is 10.6. The smallest absolute Gasteiger partial charge is 0.107 e. The van der Waals surface area contributed by atoms with Crippen LogP contribution in [0.4, 0.5) is 0 Å². The lowest BCUT2D eigenvalue weighted by Gasteiger charge is -2.35. The van der Waals surface area contributed by atoms with Crippen LogP contribution in [0.2, 0.25) is 0 Å². The highest BCUT2D eigenvalue weighted by Gasteiger charge is 2.24. The molecule has 3 heteroatoms. The standard InChI is InChI=1S/C11H23NO2/c1-9(2)6-11(14)12-5-3-4-10(7-12)8-13/h9-11,13-14H,3-8H2,1-2H3/t10-,11?/m1/s1. The van der Waals surface area contributed by atoms with Gasteiger partial charge in [-0.15, -0.1) is 0 Å². The molecule has 0 aliphatic carbocycles. The number of aliphatic hydroxyl groups excluding tert-OH is 2. The van der Waals surface area contributed by atoms with Crippen molar-refractivity contribution < 1.29 is 10.2 Å². The summed E-state index contributed by atoms with van der Waals surface area (Å²) in [5.74, 6) is 0.894. The van der Waals surface area contributed by atoms with Gasteiger partial charge < -0.3 is 10.2 Å². The highest BCUT2D eigenvalue weighted by molar-refractivity contribution is 4.74. The van der Waals surface area contributed by atoms with Gasteiger partial charge in [-0.25, -0.2) is 0 Å². The average molecular weight is 201 g/mol. The summed E-state index contributed by atoms with van der Waals surface area (Å²) >= 11 is 0. The largest absolute Gasteiger partial charge is 0.396 e. The molecule has 0 bridgehead atoms. The summed E-state index contributed by atoms with van der Waals surface area (Å²) in [5, 5.41) is 19.0. The molecule has 0 aromatic heterocycles. The minimum atomic E-state index is -0.315. The van der Waals surface area contributed by atoms with Crippen molar-refractivity contribution in [3.05, 3.63) is 0 Å². The molecule has 1 rings (SSSR count). The van der Waals surface area contributed by atoms with Gasteiger partial charge in [0.15, 0.2) is 0 Å². The van der Waals surface area contributed by atoms with Gasteiger partial charge in [-0.05, 0) is 31.1 Å². The molecule has 1 aliphatic rings. The van der Waals surface area contributed by atoms with Crippen molar-refractivity contribution in [1.82, 2.24) is 4.90 Å². The molecule has 0 radical (unpaired) electrons. The Morgan fingerprint density at radius 3 is 2.71 bits per heavy atom. The fraction of sp³-hybridized carbons (Fsp3) is 1.00. The third-order valence-corrected chi connectivity index (χ3v) is 2.91. The van der Waals surface area contributed by atoms with Gasteiger partial charge >= 0.3 is 0 Å². The fourth-order valence-corrected chi connectivity index (χ4v) is 2.09. The number of hydrogen-bond donors (Lipinski definition) is 2. The first-order valence-electron chi connectivity index (χ1n) is 5.66. The van der Waals surface area contributed by atoms with Crippen molar-refractivity contribution in [2.24, 2.45) is 11.8 Å². The molecule has 1 saturated heterocycles. The molecule has 0 amide bonds. The first-order chi connectivity index (χ1) is 6.63. The van der Waals surface area contributed by atoms with Crippen molar-refractivity contribution >= 4 is 0 Å². The molecule has 14 heavy (non-hydrogen) atoms. The van der Waals surface area contributed by atoms with Gasteiger partial charge in [0, 0.05) is 19.7 Å². The Hall–Kier alpha value is -0.120. The van der Waals surface area contributed by atoms with Gasteiger partial charge in [0.1, 0.15) is 6.23 Å². The van der Waals surface area contributed by atoms with E-state index in [1.54, 1.807) is 0 Å². The fourth-order valence-electron chi connectivity index (χ4n) is 2.09. The number of hydrogen-bond acceptors (Lipinski definition) is 3. The molecule has 0 saturated carbocycles. The quantitative estimate of drug-likeness (QED) is 0.714. The zero-order valence-corrected chi connectivity index (χ0v) is 9.32. The lowest BCUT2D eigenvalue weighted by molar-refractivity contribution is -0.0396. The molecule has 1 unspecified atom stereocenters. The van der Waals surface area contributed by atoms with E-state index in [1.165, 1.54) is 0 Å². The molecular weight excluding hydrogens is 178 g/mol. The van der Waals surface area contributed by atoms with Crippen LogP contribution < -0.4 is 0 Å². The van der Waals surface area contributed by atoms with Crippen LogP contribution in [0.15, 0.2) is 0 Å². The summed E-state index contributed by atoms with van der Waals surface area (Å²) < 4.78 is 0. The predicted octanol–water partition coefficient (Wildman–Crippen LogP) is 1.06. The Kier molecular flexibility index (Phi) is 4.85. The predicted molar refractivity (Wildman–Crippen MR) is 56.8 cm³/mol. The maximum Gasteiger partial charge on any atom is 0.107 e. The van der Waals surface area contributed by atoms with Crippen LogP contribution in [0.3, 0.4) is 0 Å². The summed E-state index contributed by atoms with van der Waals surface area (Å²) in [4.78, 5) is 2.10. The topological polar surface area (TPSA) is 43.7 Å². The van der Waals surface area contributed by atoms with Crippen LogP contribution in [0.1, 0.15) is 33.1 Å². The van der Waals surface area contributed by atoms with Crippen LogP contribution in [-0.2, 0) is 0 Å². The van der Waals surface area contributed by atoms with E-state index in [0.717, 1.165) is 32.4 Å². The highest BCUT2D eigenvalue weighted by atomic mass is 16.3. The minimum Gasteiger partial charge on any atom is -0.396 e. The monoisotopic (exact) mass is 201 g/mol. The second kappa shape index (κ2) is 5.69. The SMILES string of the molecule is CC(C)CC(O)N1CCC[C@@H](CO)C1. The number of piperidine rings is 1. The summed E-state index contributed by atoms with van der Waals surface area (Å²) in [6, 6.07) is 0. The van der Waals surface area contributed by atoms with E-state index in [1.807, 2.05) is 0 Å². The highest BCUT2D eigenvalue weighted by Crippen LogP contribution is 2.19. The van der Waals surface area contributed by atoms with Crippen LogP contribution in [0.5, 0.6) is 0 Å². The first-order valence-corrected chi connectivity index (χ1v) is 5.66. The molecule has 1 aliphatic heterocycles. The average Bonchev–Trinajstić information content (AvgIpc) is 2.17. The van der Waals surface area contributed by atoms with Gasteiger partial charge in [0.25, 0.3) is 0 Å². The molecule has 0 aromatic rings. The van der Waals surface area contributed by atoms with E-state index in [0.29, 0.717) is 11.8 Å². The molecule has 2 atom stereocenters. The van der Waals surface area contributed by atoms with E-state index < -0.39 is 0 Å². The number of nitrogens with zero attached hydrogens (tertiary/aromatic N) is 1. The second-order valence-corrected chi connectivity index (χ2v) is 4.80. The Morgan fingerprint density at radius 1 is 1.43 bits per heavy atom. The Bertz CT molecular complexity index is 161. The van der Waals surface area contributed by atoms with Crippen LogP contribution in [0.25, 0.3) is 0 Å². The van der Waals surface area contributed by atoms with E-state index in [-0.39, 0.29) is 12.8 Å². The Balaban J connectivity index is 2.35. The van der Waals surface area contributed by atoms with Crippen molar-refractivity contribution in [3.8, 4) is 0 Å². The molecule has 3 nitrogen and oxygen atoms in total. The molecule has 1 fully saturated rings. The number of aliphatic hydroxyl groups is 2. The maximum atomic E-state index is 9.90. The third-order valence-electron chi connectivity index (χ3n) is 2.91. The molecule has 0 spiro atoms. The molecule has 2 N–H and O–H groups in total. The van der Waals surface area contributed by atoms with Gasteiger partial charge in [0.05, 0.1) is 0 Å². The van der Waals surface area contributed by atoms with E-state index in [4.69, 9.17) is 5.11 Å². The Morgan fingerprint density at radius 2 is 2.14 bits per heavy atom. The van der Waals surface area contributed by atoms with Gasteiger partial charge in [-0.1, -0.05) is 13.8 Å². The van der Waals surface area contributed by atoms with Crippen molar-refractivity contribution in [1.29, 1.82) is 0 Å². The molecular formula is C11H23NO2. The van der Waals surface area contributed by atoms with Crippen LogP contribution in [0, 0.1) is 11.8 Å². The Labute approximate surface area is 86.7 Å². The number of rotatable bonds is 4. The van der Waals surface area contributed by atoms with Crippen molar-refractivity contribution in [3.63, 3.8) is 0 Å². The maximum absolute atomic E-state index is 9.90. The molecule has 84 valence electrons. The summed E-state index contributed by atoms with van der Waals surface area (Å²) in [6.07, 6.45) is 2.71. The lowest BCUT2D eigenvalue weighted by atomic mass is 9.98. The summed E-state index contributed by atoms with van der Waals surface area (Å²) in [5.41, 5.74) is 0. The van der Waals surface area contributed by atoms with Gasteiger partial charge in [-0.2, -0.15) is 0 Å². The minimum absolute atomic E-state index is 0.255. The molecule has 0 aromatic carbocycles. The third kappa shape index (κ3) is 3.56.